The molecule has 2 heterocycles. The van der Waals surface area contributed by atoms with Gasteiger partial charge in [-0.25, -0.2) is 15.0 Å². The van der Waals surface area contributed by atoms with Gasteiger partial charge in [-0.15, -0.1) is 11.3 Å². The summed E-state index contributed by atoms with van der Waals surface area (Å²) in [6, 6.07) is 8.07. The minimum atomic E-state index is -0.909. The van der Waals surface area contributed by atoms with Gasteiger partial charge in [-0.2, -0.15) is 0 Å². The molecule has 0 aliphatic heterocycles. The van der Waals surface area contributed by atoms with Crippen molar-refractivity contribution in [2.75, 3.05) is 24.6 Å². The van der Waals surface area contributed by atoms with Crippen molar-refractivity contribution in [2.24, 2.45) is 0 Å². The van der Waals surface area contributed by atoms with E-state index in [-0.39, 0.29) is 0 Å². The number of rotatable bonds is 13. The molecule has 182 valence electrons. The summed E-state index contributed by atoms with van der Waals surface area (Å²) in [4.78, 5) is 27.3. The summed E-state index contributed by atoms with van der Waals surface area (Å²) in [6.07, 6.45) is 6.21. The molecule has 34 heavy (non-hydrogen) atoms. The SMILES string of the molecule is CCc1cnc(N(CCCOc2ccc(C)cc2)CCc2csc(SC(C)(C)C(=O)O)n2)nc1. The van der Waals surface area contributed by atoms with Crippen LogP contribution in [0.3, 0.4) is 0 Å². The highest BCUT2D eigenvalue weighted by Gasteiger charge is 2.29. The molecule has 0 fully saturated rings. The molecule has 0 aliphatic rings. The Balaban J connectivity index is 1.59. The van der Waals surface area contributed by atoms with E-state index >= 15 is 0 Å². The Bertz CT molecular complexity index is 1050. The second-order valence-electron chi connectivity index (χ2n) is 8.52. The lowest BCUT2D eigenvalue weighted by molar-refractivity contribution is -0.138. The molecule has 3 aromatic rings. The topological polar surface area (TPSA) is 88.4 Å². The van der Waals surface area contributed by atoms with Crippen LogP contribution in [0.2, 0.25) is 0 Å². The average molecular weight is 501 g/mol. The van der Waals surface area contributed by atoms with Crippen LogP contribution in [0.25, 0.3) is 0 Å². The first-order chi connectivity index (χ1) is 16.3. The molecule has 0 aliphatic carbocycles. The molecule has 0 atom stereocenters. The predicted molar refractivity (Wildman–Crippen MR) is 138 cm³/mol. The Labute approximate surface area is 209 Å². The van der Waals surface area contributed by atoms with E-state index in [1.807, 2.05) is 42.0 Å². The first-order valence-electron chi connectivity index (χ1n) is 11.4. The van der Waals surface area contributed by atoms with Crippen LogP contribution < -0.4 is 9.64 Å². The molecule has 0 amide bonds. The number of aliphatic carboxylic acids is 1. The number of hydrogen-bond donors (Lipinski definition) is 1. The van der Waals surface area contributed by atoms with Crippen LogP contribution >= 0.6 is 23.1 Å². The zero-order chi connectivity index (χ0) is 24.6. The van der Waals surface area contributed by atoms with Crippen LogP contribution in [0, 0.1) is 6.92 Å². The van der Waals surface area contributed by atoms with Crippen LogP contribution in [0.15, 0.2) is 46.4 Å². The predicted octanol–water partition coefficient (Wildman–Crippen LogP) is 5.28. The fourth-order valence-electron chi connectivity index (χ4n) is 3.05. The van der Waals surface area contributed by atoms with Crippen molar-refractivity contribution in [2.45, 2.75) is 56.0 Å². The number of aromatic nitrogens is 3. The summed E-state index contributed by atoms with van der Waals surface area (Å²) in [6.45, 7) is 9.61. The molecule has 0 radical (unpaired) electrons. The van der Waals surface area contributed by atoms with E-state index in [9.17, 15) is 9.90 Å². The van der Waals surface area contributed by atoms with Crippen LogP contribution in [0.4, 0.5) is 5.95 Å². The average Bonchev–Trinajstić information content (AvgIpc) is 3.26. The lowest BCUT2D eigenvalue weighted by atomic mass is 10.2. The van der Waals surface area contributed by atoms with Crippen molar-refractivity contribution in [3.05, 3.63) is 58.9 Å². The van der Waals surface area contributed by atoms with Gasteiger partial charge >= 0.3 is 5.97 Å². The smallest absolute Gasteiger partial charge is 0.319 e. The number of benzene rings is 1. The van der Waals surface area contributed by atoms with Gasteiger partial charge in [0.25, 0.3) is 0 Å². The summed E-state index contributed by atoms with van der Waals surface area (Å²) in [5.41, 5.74) is 3.26. The fourth-order valence-corrected chi connectivity index (χ4v) is 5.27. The lowest BCUT2D eigenvalue weighted by Crippen LogP contribution is -2.30. The molecule has 2 aromatic heterocycles. The van der Waals surface area contributed by atoms with E-state index in [0.29, 0.717) is 19.1 Å². The maximum atomic E-state index is 11.4. The molecule has 3 rings (SSSR count). The molecule has 0 saturated heterocycles. The van der Waals surface area contributed by atoms with Crippen molar-refractivity contribution in [1.82, 2.24) is 15.0 Å². The monoisotopic (exact) mass is 500 g/mol. The minimum absolute atomic E-state index is 0.606. The van der Waals surface area contributed by atoms with E-state index in [4.69, 9.17) is 4.74 Å². The Morgan fingerprint density at radius 1 is 1.18 bits per heavy atom. The zero-order valence-corrected chi connectivity index (χ0v) is 21.8. The highest BCUT2D eigenvalue weighted by Crippen LogP contribution is 2.34. The molecular weight excluding hydrogens is 468 g/mol. The summed E-state index contributed by atoms with van der Waals surface area (Å²) >= 11 is 2.76. The van der Waals surface area contributed by atoms with Crippen molar-refractivity contribution in [3.8, 4) is 5.75 Å². The number of carboxylic acids is 1. The molecule has 0 spiro atoms. The first kappa shape index (κ1) is 26.0. The molecular formula is C25H32N4O3S2. The summed E-state index contributed by atoms with van der Waals surface area (Å²) in [7, 11) is 0. The second-order valence-corrected chi connectivity index (χ2v) is 11.2. The van der Waals surface area contributed by atoms with E-state index < -0.39 is 10.7 Å². The lowest BCUT2D eigenvalue weighted by Gasteiger charge is -2.22. The van der Waals surface area contributed by atoms with Crippen LogP contribution in [-0.2, 0) is 17.6 Å². The minimum Gasteiger partial charge on any atom is -0.494 e. The van der Waals surface area contributed by atoms with E-state index in [0.717, 1.165) is 47.2 Å². The summed E-state index contributed by atoms with van der Waals surface area (Å²) in [5.74, 6) is 0.725. The van der Waals surface area contributed by atoms with Crippen LogP contribution in [-0.4, -0.2) is 50.5 Å². The van der Waals surface area contributed by atoms with E-state index in [1.165, 1.54) is 28.7 Å². The number of carbonyl (C=O) groups is 1. The molecule has 0 unspecified atom stereocenters. The highest BCUT2D eigenvalue weighted by atomic mass is 32.2. The third kappa shape index (κ3) is 7.70. The van der Waals surface area contributed by atoms with E-state index in [2.05, 4.69) is 33.7 Å². The Morgan fingerprint density at radius 2 is 1.88 bits per heavy atom. The largest absolute Gasteiger partial charge is 0.494 e. The van der Waals surface area contributed by atoms with E-state index in [1.54, 1.807) is 13.8 Å². The summed E-state index contributed by atoms with van der Waals surface area (Å²) in [5, 5.41) is 11.4. The molecule has 1 aromatic carbocycles. The van der Waals surface area contributed by atoms with Crippen molar-refractivity contribution in [3.63, 3.8) is 0 Å². The van der Waals surface area contributed by atoms with Crippen molar-refractivity contribution < 1.29 is 14.6 Å². The molecule has 1 N–H and O–H groups in total. The number of thioether (sulfide) groups is 1. The number of thiazole rings is 1. The van der Waals surface area contributed by atoms with Gasteiger partial charge < -0.3 is 14.7 Å². The van der Waals surface area contributed by atoms with Gasteiger partial charge in [0.15, 0.2) is 4.34 Å². The number of aryl methyl sites for hydroxylation is 2. The quantitative estimate of drug-likeness (QED) is 0.251. The highest BCUT2D eigenvalue weighted by molar-refractivity contribution is 8.02. The third-order valence-corrected chi connectivity index (χ3v) is 7.44. The van der Waals surface area contributed by atoms with Crippen LogP contribution in [0.1, 0.15) is 44.0 Å². The Hall–Kier alpha value is -2.65. The molecule has 0 saturated carbocycles. The fraction of sp³-hybridized carbons (Fsp3) is 0.440. The van der Waals surface area contributed by atoms with Gasteiger partial charge in [-0.05, 0) is 51.3 Å². The molecule has 9 heteroatoms. The number of nitrogens with zero attached hydrogens (tertiary/aromatic N) is 4. The van der Waals surface area contributed by atoms with Gasteiger partial charge in [-0.1, -0.05) is 36.4 Å². The molecule has 7 nitrogen and oxygen atoms in total. The standard InChI is InChI=1S/C25H32N4O3S2/c1-5-19-15-26-23(27-16-19)29(12-6-14-32-21-9-7-18(2)8-10-21)13-11-20-17-33-24(28-20)34-25(3,4)22(30)31/h7-10,15-17H,5-6,11-14H2,1-4H3,(H,30,31). The van der Waals surface area contributed by atoms with Gasteiger partial charge in [0.05, 0.1) is 12.3 Å². The zero-order valence-electron chi connectivity index (χ0n) is 20.2. The Kier molecular flexibility index (Phi) is 9.29. The first-order valence-corrected chi connectivity index (χ1v) is 13.1. The number of ether oxygens (including phenoxy) is 1. The van der Waals surface area contributed by atoms with Gasteiger partial charge in [0.1, 0.15) is 10.5 Å². The Morgan fingerprint density at radius 3 is 2.53 bits per heavy atom. The third-order valence-electron chi connectivity index (χ3n) is 5.27. The molecule has 0 bridgehead atoms. The van der Waals surface area contributed by atoms with Crippen LogP contribution in [0.5, 0.6) is 5.75 Å². The van der Waals surface area contributed by atoms with Crippen molar-refractivity contribution >= 4 is 35.0 Å². The number of carboxylic acid groups (broad SMARTS) is 1. The van der Waals surface area contributed by atoms with Gasteiger partial charge in [-0.3, -0.25) is 4.79 Å². The van der Waals surface area contributed by atoms with Crippen molar-refractivity contribution in [1.29, 1.82) is 0 Å². The van der Waals surface area contributed by atoms with Gasteiger partial charge in [0, 0.05) is 37.3 Å². The summed E-state index contributed by atoms with van der Waals surface area (Å²) < 4.78 is 5.75. The number of anilines is 1. The number of hydrogen-bond acceptors (Lipinski definition) is 8. The maximum Gasteiger partial charge on any atom is 0.319 e. The van der Waals surface area contributed by atoms with Gasteiger partial charge in [0.2, 0.25) is 5.95 Å². The second kappa shape index (κ2) is 12.2. The normalized spacial score (nSPS) is 11.4. The maximum absolute atomic E-state index is 11.4.